The molecule has 11 heavy (non-hydrogen) atoms. The third kappa shape index (κ3) is 3.18. The fraction of sp³-hybridized carbons (Fsp3) is 0.625. The summed E-state index contributed by atoms with van der Waals surface area (Å²) in [5.41, 5.74) is 0. The lowest BCUT2D eigenvalue weighted by Crippen LogP contribution is -2.28. The van der Waals surface area contributed by atoms with Gasteiger partial charge in [-0.15, -0.1) is 0 Å². The molecule has 1 rings (SSSR count). The fourth-order valence-corrected chi connectivity index (χ4v) is 1.26. The van der Waals surface area contributed by atoms with Gasteiger partial charge in [-0.2, -0.15) is 0 Å². The Hall–Kier alpha value is -0.830. The van der Waals surface area contributed by atoms with Crippen LogP contribution >= 0.6 is 0 Å². The van der Waals surface area contributed by atoms with Gasteiger partial charge in [0.2, 0.25) is 0 Å². The van der Waals surface area contributed by atoms with Crippen molar-refractivity contribution in [2.24, 2.45) is 5.92 Å². The van der Waals surface area contributed by atoms with E-state index in [2.05, 4.69) is 5.32 Å². The molecule has 0 radical (unpaired) electrons. The zero-order chi connectivity index (χ0) is 8.10. The Labute approximate surface area is 66.1 Å². The summed E-state index contributed by atoms with van der Waals surface area (Å²) in [4.78, 5) is 10.1. The molecule has 0 aromatic carbocycles. The van der Waals surface area contributed by atoms with Crippen molar-refractivity contribution in [2.45, 2.75) is 12.8 Å². The van der Waals surface area contributed by atoms with Crippen molar-refractivity contribution < 1.29 is 9.90 Å². The van der Waals surface area contributed by atoms with Crippen LogP contribution in [0.1, 0.15) is 12.8 Å². The van der Waals surface area contributed by atoms with E-state index < -0.39 is 5.97 Å². The largest absolute Gasteiger partial charge is 0.478 e. The number of aliphatic carboxylic acids is 1. The van der Waals surface area contributed by atoms with Crippen LogP contribution in [0.4, 0.5) is 0 Å². The first kappa shape index (κ1) is 8.27. The van der Waals surface area contributed by atoms with Gasteiger partial charge in [0.05, 0.1) is 0 Å². The Morgan fingerprint density at radius 1 is 1.64 bits per heavy atom. The third-order valence-electron chi connectivity index (χ3n) is 1.85. The Morgan fingerprint density at radius 2 is 2.45 bits per heavy atom. The highest BCUT2D eigenvalue weighted by Gasteiger charge is 2.08. The molecule has 3 heteroatoms. The minimum Gasteiger partial charge on any atom is -0.478 e. The van der Waals surface area contributed by atoms with E-state index in [0.717, 1.165) is 25.9 Å². The Morgan fingerprint density at radius 3 is 3.00 bits per heavy atom. The second-order valence-electron chi connectivity index (χ2n) is 2.80. The summed E-state index contributed by atoms with van der Waals surface area (Å²) in [6.45, 7) is 1.99. The molecule has 0 aromatic rings. The third-order valence-corrected chi connectivity index (χ3v) is 1.85. The predicted molar refractivity (Wildman–Crippen MR) is 42.4 cm³/mol. The molecule has 1 fully saturated rings. The summed E-state index contributed by atoms with van der Waals surface area (Å²) >= 11 is 0. The molecule has 1 aliphatic rings. The van der Waals surface area contributed by atoms with E-state index in [1.165, 1.54) is 6.08 Å². The lowest BCUT2D eigenvalue weighted by atomic mass is 9.99. The van der Waals surface area contributed by atoms with Crippen molar-refractivity contribution in [3.63, 3.8) is 0 Å². The standard InChI is InChI=1S/C8H13NO2/c10-8(11)4-3-7-2-1-5-9-6-7/h3-4,7,9H,1-2,5-6H2,(H,10,11)/b4-3+. The van der Waals surface area contributed by atoms with E-state index in [0.29, 0.717) is 5.92 Å². The van der Waals surface area contributed by atoms with Crippen molar-refractivity contribution in [1.29, 1.82) is 0 Å². The van der Waals surface area contributed by atoms with Gasteiger partial charge in [0.25, 0.3) is 0 Å². The number of piperidine rings is 1. The minimum absolute atomic E-state index is 0.417. The van der Waals surface area contributed by atoms with Crippen LogP contribution in [0.15, 0.2) is 12.2 Å². The number of hydrogen-bond acceptors (Lipinski definition) is 2. The molecule has 0 spiro atoms. The van der Waals surface area contributed by atoms with Crippen LogP contribution in [0.25, 0.3) is 0 Å². The van der Waals surface area contributed by atoms with E-state index >= 15 is 0 Å². The van der Waals surface area contributed by atoms with Crippen molar-refractivity contribution in [3.05, 3.63) is 12.2 Å². The van der Waals surface area contributed by atoms with Crippen LogP contribution in [0.3, 0.4) is 0 Å². The van der Waals surface area contributed by atoms with E-state index in [4.69, 9.17) is 5.11 Å². The molecule has 1 aliphatic heterocycles. The number of carboxylic acid groups (broad SMARTS) is 1. The summed E-state index contributed by atoms with van der Waals surface area (Å²) in [6.07, 6.45) is 5.26. The summed E-state index contributed by atoms with van der Waals surface area (Å²) in [7, 11) is 0. The van der Waals surface area contributed by atoms with Crippen LogP contribution in [0.2, 0.25) is 0 Å². The maximum Gasteiger partial charge on any atom is 0.327 e. The lowest BCUT2D eigenvalue weighted by Gasteiger charge is -2.18. The molecule has 0 amide bonds. The van der Waals surface area contributed by atoms with Crippen LogP contribution in [0, 0.1) is 5.92 Å². The first-order chi connectivity index (χ1) is 5.29. The van der Waals surface area contributed by atoms with E-state index in [1.807, 2.05) is 0 Å². The van der Waals surface area contributed by atoms with Gasteiger partial charge in [-0.25, -0.2) is 4.79 Å². The molecular weight excluding hydrogens is 142 g/mol. The Bertz CT molecular complexity index is 159. The van der Waals surface area contributed by atoms with Crippen molar-refractivity contribution >= 4 is 5.97 Å². The van der Waals surface area contributed by atoms with Crippen molar-refractivity contribution in [3.8, 4) is 0 Å². The average molecular weight is 155 g/mol. The molecule has 2 N–H and O–H groups in total. The monoisotopic (exact) mass is 155 g/mol. The van der Waals surface area contributed by atoms with Gasteiger partial charge >= 0.3 is 5.97 Å². The first-order valence-electron chi connectivity index (χ1n) is 3.91. The topological polar surface area (TPSA) is 49.3 Å². The fourth-order valence-electron chi connectivity index (χ4n) is 1.26. The normalized spacial score (nSPS) is 25.6. The minimum atomic E-state index is -0.851. The number of nitrogens with one attached hydrogen (secondary N) is 1. The number of hydrogen-bond donors (Lipinski definition) is 2. The van der Waals surface area contributed by atoms with Crippen molar-refractivity contribution in [1.82, 2.24) is 5.32 Å². The smallest absolute Gasteiger partial charge is 0.327 e. The van der Waals surface area contributed by atoms with Gasteiger partial charge < -0.3 is 10.4 Å². The van der Waals surface area contributed by atoms with E-state index in [-0.39, 0.29) is 0 Å². The summed E-state index contributed by atoms with van der Waals surface area (Å²) < 4.78 is 0. The molecule has 0 aromatic heterocycles. The molecule has 62 valence electrons. The molecule has 1 heterocycles. The molecule has 3 nitrogen and oxygen atoms in total. The lowest BCUT2D eigenvalue weighted by molar-refractivity contribution is -0.131. The van der Waals surface area contributed by atoms with E-state index in [9.17, 15) is 4.79 Å². The molecule has 0 aliphatic carbocycles. The quantitative estimate of drug-likeness (QED) is 0.575. The predicted octanol–water partition coefficient (Wildman–Crippen LogP) is 0.627. The zero-order valence-electron chi connectivity index (χ0n) is 6.42. The van der Waals surface area contributed by atoms with Crippen LogP contribution in [-0.4, -0.2) is 24.2 Å². The molecule has 1 unspecified atom stereocenters. The van der Waals surface area contributed by atoms with Crippen molar-refractivity contribution in [2.75, 3.05) is 13.1 Å². The number of rotatable bonds is 2. The first-order valence-corrected chi connectivity index (χ1v) is 3.91. The number of carbonyl (C=O) groups is 1. The van der Waals surface area contributed by atoms with Crippen LogP contribution in [-0.2, 0) is 4.79 Å². The van der Waals surface area contributed by atoms with Gasteiger partial charge in [0.1, 0.15) is 0 Å². The van der Waals surface area contributed by atoms with Crippen LogP contribution in [0.5, 0.6) is 0 Å². The Balaban J connectivity index is 2.29. The summed E-state index contributed by atoms with van der Waals surface area (Å²) in [5.74, 6) is -0.435. The number of carboxylic acids is 1. The second-order valence-corrected chi connectivity index (χ2v) is 2.80. The Kier molecular flexibility index (Phi) is 3.11. The average Bonchev–Trinajstić information content (AvgIpc) is 2.03. The summed E-state index contributed by atoms with van der Waals surface area (Å²) in [5, 5.41) is 11.6. The summed E-state index contributed by atoms with van der Waals surface area (Å²) in [6, 6.07) is 0. The van der Waals surface area contributed by atoms with Gasteiger partial charge in [-0.1, -0.05) is 6.08 Å². The highest BCUT2D eigenvalue weighted by molar-refractivity contribution is 5.79. The molecule has 1 saturated heterocycles. The van der Waals surface area contributed by atoms with Gasteiger partial charge in [-0.3, -0.25) is 0 Å². The van der Waals surface area contributed by atoms with Gasteiger partial charge in [0, 0.05) is 12.6 Å². The SMILES string of the molecule is O=C(O)/C=C/C1CCCNC1. The zero-order valence-corrected chi connectivity index (χ0v) is 6.42. The van der Waals surface area contributed by atoms with E-state index in [1.54, 1.807) is 6.08 Å². The van der Waals surface area contributed by atoms with Crippen LogP contribution < -0.4 is 5.32 Å². The van der Waals surface area contributed by atoms with Gasteiger partial charge in [-0.05, 0) is 25.3 Å². The highest BCUT2D eigenvalue weighted by Crippen LogP contribution is 2.10. The molecule has 0 saturated carbocycles. The molecular formula is C8H13NO2. The van der Waals surface area contributed by atoms with Gasteiger partial charge in [0.15, 0.2) is 0 Å². The molecule has 1 atom stereocenters. The maximum absolute atomic E-state index is 10.1. The highest BCUT2D eigenvalue weighted by atomic mass is 16.4. The molecule has 0 bridgehead atoms. The second kappa shape index (κ2) is 4.13. The maximum atomic E-state index is 10.1.